The van der Waals surface area contributed by atoms with E-state index in [0.717, 1.165) is 0 Å². The molecule has 56 valence electrons. The van der Waals surface area contributed by atoms with Crippen molar-refractivity contribution in [2.24, 2.45) is 0 Å². The summed E-state index contributed by atoms with van der Waals surface area (Å²) < 4.78 is 0. The molecule has 0 aliphatic heterocycles. The highest BCUT2D eigenvalue weighted by Gasteiger charge is 1.98. The third kappa shape index (κ3) is 4.66. The Hall–Kier alpha value is 0.170. The molecule has 0 bridgehead atoms. The molecule has 0 amide bonds. The Morgan fingerprint density at radius 2 is 2.22 bits per heavy atom. The van der Waals surface area contributed by atoms with Crippen LogP contribution in [-0.4, -0.2) is 42.9 Å². The Morgan fingerprint density at radius 3 is 2.56 bits per heavy atom. The summed E-state index contributed by atoms with van der Waals surface area (Å²) in [6.45, 7) is 1.27. The smallest absolute Gasteiger partial charge is 0.0581 e. The van der Waals surface area contributed by atoms with Crippen LogP contribution < -0.4 is 0 Å². The molecular weight excluding hydrogens is 142 g/mol. The lowest BCUT2D eigenvalue weighted by Gasteiger charge is -2.15. The molecule has 4 heteroatoms. The number of rotatable bonds is 5. The van der Waals surface area contributed by atoms with Gasteiger partial charge in [0.2, 0.25) is 0 Å². The van der Waals surface area contributed by atoms with Gasteiger partial charge in [-0.2, -0.15) is 5.06 Å². The largest absolute Gasteiger partial charge is 0.395 e. The summed E-state index contributed by atoms with van der Waals surface area (Å²) in [6.07, 6.45) is 0. The second-order valence-corrected chi connectivity index (χ2v) is 1.90. The van der Waals surface area contributed by atoms with Crippen molar-refractivity contribution in [2.45, 2.75) is 0 Å². The Bertz CT molecular complexity index is 56.9. The second-order valence-electron chi connectivity index (χ2n) is 1.52. The summed E-state index contributed by atoms with van der Waals surface area (Å²) >= 11 is 5.41. The van der Waals surface area contributed by atoms with Crippen molar-refractivity contribution in [2.75, 3.05) is 32.7 Å². The van der Waals surface area contributed by atoms with Crippen molar-refractivity contribution < 1.29 is 9.94 Å². The molecule has 0 aliphatic carbocycles. The molecule has 0 fully saturated rings. The van der Waals surface area contributed by atoms with E-state index in [1.54, 1.807) is 12.2 Å². The number of aliphatic hydroxyl groups is 1. The summed E-state index contributed by atoms with van der Waals surface area (Å²) in [5, 5.41) is 10.0. The van der Waals surface area contributed by atoms with Crippen molar-refractivity contribution in [1.82, 2.24) is 5.06 Å². The van der Waals surface area contributed by atoms with Gasteiger partial charge in [-0.05, 0) is 0 Å². The van der Waals surface area contributed by atoms with Gasteiger partial charge in [0.25, 0.3) is 0 Å². The molecule has 0 saturated heterocycles. The van der Waals surface area contributed by atoms with Crippen LogP contribution in [-0.2, 0) is 4.84 Å². The summed E-state index contributed by atoms with van der Waals surface area (Å²) in [5.74, 6) is 0.522. The van der Waals surface area contributed by atoms with Crippen molar-refractivity contribution in [1.29, 1.82) is 0 Å². The molecule has 0 aromatic rings. The number of alkyl halides is 1. The van der Waals surface area contributed by atoms with Crippen LogP contribution in [0.1, 0.15) is 0 Å². The van der Waals surface area contributed by atoms with Gasteiger partial charge in [-0.15, -0.1) is 11.6 Å². The first-order valence-corrected chi connectivity index (χ1v) is 3.34. The third-order valence-corrected chi connectivity index (χ3v) is 1.11. The van der Waals surface area contributed by atoms with Crippen molar-refractivity contribution in [3.8, 4) is 0 Å². The summed E-state index contributed by atoms with van der Waals surface area (Å²) in [7, 11) is 1.56. The van der Waals surface area contributed by atoms with E-state index >= 15 is 0 Å². The fourth-order valence-electron chi connectivity index (χ4n) is 0.500. The minimum absolute atomic E-state index is 0.102. The molecule has 0 saturated carbocycles. The molecule has 0 rings (SSSR count). The summed E-state index contributed by atoms with van der Waals surface area (Å²) in [4.78, 5) is 4.82. The van der Waals surface area contributed by atoms with E-state index in [4.69, 9.17) is 21.5 Å². The van der Waals surface area contributed by atoms with Gasteiger partial charge in [-0.25, -0.2) is 0 Å². The molecule has 0 aromatic heterocycles. The van der Waals surface area contributed by atoms with Crippen molar-refractivity contribution >= 4 is 11.6 Å². The number of halogens is 1. The van der Waals surface area contributed by atoms with Gasteiger partial charge in [0.15, 0.2) is 0 Å². The molecule has 0 atom stereocenters. The lowest BCUT2D eigenvalue weighted by atomic mass is 10.6. The molecule has 0 spiro atoms. The first kappa shape index (κ1) is 9.17. The van der Waals surface area contributed by atoms with E-state index in [1.807, 2.05) is 0 Å². The number of nitrogens with zero attached hydrogens (tertiary/aromatic N) is 1. The standard InChI is InChI=1S/C5H12ClNO2/c1-9-7(3-2-6)4-5-8/h8H,2-5H2,1H3. The van der Waals surface area contributed by atoms with Gasteiger partial charge in [0.1, 0.15) is 0 Å². The van der Waals surface area contributed by atoms with Crippen molar-refractivity contribution in [3.05, 3.63) is 0 Å². The fourth-order valence-corrected chi connectivity index (χ4v) is 0.689. The maximum Gasteiger partial charge on any atom is 0.0581 e. The van der Waals surface area contributed by atoms with Crippen LogP contribution in [0.15, 0.2) is 0 Å². The number of hydroxylamine groups is 2. The Labute approximate surface area is 60.1 Å². The van der Waals surface area contributed by atoms with Gasteiger partial charge in [0.05, 0.1) is 13.7 Å². The highest BCUT2D eigenvalue weighted by molar-refractivity contribution is 6.18. The Kier molecular flexibility index (Phi) is 6.41. The van der Waals surface area contributed by atoms with Gasteiger partial charge >= 0.3 is 0 Å². The molecule has 1 N–H and O–H groups in total. The van der Waals surface area contributed by atoms with E-state index in [1.165, 1.54) is 0 Å². The first-order chi connectivity index (χ1) is 4.35. The van der Waals surface area contributed by atoms with E-state index in [9.17, 15) is 0 Å². The predicted octanol–water partition coefficient (Wildman–Crippen LogP) is 0.0809. The minimum atomic E-state index is 0.102. The molecule has 0 unspecified atom stereocenters. The average molecular weight is 154 g/mol. The lowest BCUT2D eigenvalue weighted by Crippen LogP contribution is -2.27. The Balaban J connectivity index is 3.18. The highest BCUT2D eigenvalue weighted by Crippen LogP contribution is 1.87. The van der Waals surface area contributed by atoms with Gasteiger partial charge < -0.3 is 9.94 Å². The van der Waals surface area contributed by atoms with Crippen LogP contribution in [0.2, 0.25) is 0 Å². The zero-order valence-corrected chi connectivity index (χ0v) is 6.26. The molecule has 0 aliphatic rings. The topological polar surface area (TPSA) is 32.7 Å². The molecule has 3 nitrogen and oxygen atoms in total. The first-order valence-electron chi connectivity index (χ1n) is 2.81. The van der Waals surface area contributed by atoms with Gasteiger partial charge in [-0.1, -0.05) is 0 Å². The van der Waals surface area contributed by atoms with Gasteiger partial charge in [-0.3, -0.25) is 0 Å². The highest BCUT2D eigenvalue weighted by atomic mass is 35.5. The number of hydrogen-bond donors (Lipinski definition) is 1. The normalized spacial score (nSPS) is 10.7. The van der Waals surface area contributed by atoms with E-state index in [2.05, 4.69) is 0 Å². The average Bonchev–Trinajstić information content (AvgIpc) is 1.88. The van der Waals surface area contributed by atoms with E-state index in [0.29, 0.717) is 19.0 Å². The van der Waals surface area contributed by atoms with Crippen LogP contribution in [0.3, 0.4) is 0 Å². The summed E-state index contributed by atoms with van der Waals surface area (Å²) in [5.41, 5.74) is 0. The molecule has 9 heavy (non-hydrogen) atoms. The SMILES string of the molecule is CON(CCO)CCCl. The Morgan fingerprint density at radius 1 is 1.56 bits per heavy atom. The zero-order chi connectivity index (χ0) is 7.11. The molecule has 0 radical (unpaired) electrons. The minimum Gasteiger partial charge on any atom is -0.395 e. The molecule has 0 heterocycles. The molecule has 0 aromatic carbocycles. The van der Waals surface area contributed by atoms with E-state index in [-0.39, 0.29) is 6.61 Å². The van der Waals surface area contributed by atoms with Crippen molar-refractivity contribution in [3.63, 3.8) is 0 Å². The monoisotopic (exact) mass is 153 g/mol. The number of hydrogen-bond acceptors (Lipinski definition) is 3. The fraction of sp³-hybridized carbons (Fsp3) is 1.00. The van der Waals surface area contributed by atoms with Crippen LogP contribution in [0, 0.1) is 0 Å². The van der Waals surface area contributed by atoms with Gasteiger partial charge in [0, 0.05) is 19.0 Å². The quantitative estimate of drug-likeness (QED) is 0.449. The van der Waals surface area contributed by atoms with Crippen LogP contribution in [0.5, 0.6) is 0 Å². The van der Waals surface area contributed by atoms with Crippen LogP contribution >= 0.6 is 11.6 Å². The third-order valence-electron chi connectivity index (χ3n) is 0.942. The van der Waals surface area contributed by atoms with E-state index < -0.39 is 0 Å². The lowest BCUT2D eigenvalue weighted by molar-refractivity contribution is -0.132. The van der Waals surface area contributed by atoms with Crippen LogP contribution in [0.25, 0.3) is 0 Å². The molecular formula is C5H12ClNO2. The zero-order valence-electron chi connectivity index (χ0n) is 5.51. The maximum atomic E-state index is 8.43. The number of aliphatic hydroxyl groups excluding tert-OH is 1. The van der Waals surface area contributed by atoms with Crippen LogP contribution in [0.4, 0.5) is 0 Å². The maximum absolute atomic E-state index is 8.43. The summed E-state index contributed by atoms with van der Waals surface area (Å²) in [6, 6.07) is 0. The second kappa shape index (κ2) is 6.29. The predicted molar refractivity (Wildman–Crippen MR) is 36.4 cm³/mol.